The predicted octanol–water partition coefficient (Wildman–Crippen LogP) is 2.57. The molecule has 3 aromatic rings. The second-order valence-electron chi connectivity index (χ2n) is 6.62. The van der Waals surface area contributed by atoms with E-state index in [9.17, 15) is 0 Å². The molecule has 1 aliphatic rings. The van der Waals surface area contributed by atoms with E-state index in [0.29, 0.717) is 19.2 Å². The van der Waals surface area contributed by atoms with Crippen LogP contribution in [0.2, 0.25) is 0 Å². The van der Waals surface area contributed by atoms with Gasteiger partial charge in [0.15, 0.2) is 11.5 Å². The van der Waals surface area contributed by atoms with Crippen LogP contribution in [-0.4, -0.2) is 39.5 Å². The zero-order chi connectivity index (χ0) is 19.3. The lowest BCUT2D eigenvalue weighted by Gasteiger charge is -2.15. The molecular weight excluding hydrogens is 358 g/mol. The van der Waals surface area contributed by atoms with Crippen LogP contribution in [0.15, 0.2) is 43.0 Å². The number of aryl methyl sites for hydroxylation is 1. The fourth-order valence-corrected chi connectivity index (χ4v) is 2.96. The first-order valence-corrected chi connectivity index (χ1v) is 9.22. The molecule has 146 valence electrons. The third kappa shape index (κ3) is 4.29. The van der Waals surface area contributed by atoms with Gasteiger partial charge in [0.1, 0.15) is 6.33 Å². The van der Waals surface area contributed by atoms with E-state index in [0.717, 1.165) is 35.0 Å². The molecule has 0 amide bonds. The summed E-state index contributed by atoms with van der Waals surface area (Å²) in [7, 11) is 0. The van der Waals surface area contributed by atoms with Crippen LogP contribution in [0.4, 0.5) is 0 Å². The summed E-state index contributed by atoms with van der Waals surface area (Å²) in [5.41, 5.74) is 2.92. The van der Waals surface area contributed by atoms with Crippen LogP contribution in [0.5, 0.6) is 11.5 Å². The summed E-state index contributed by atoms with van der Waals surface area (Å²) in [6.45, 7) is 6.17. The van der Waals surface area contributed by atoms with E-state index >= 15 is 0 Å². The van der Waals surface area contributed by atoms with E-state index in [1.54, 1.807) is 17.1 Å². The molecule has 1 aromatic carbocycles. The largest absolute Gasteiger partial charge is 0.454 e. The fraction of sp³-hybridized carbons (Fsp3) is 0.350. The second-order valence-corrected chi connectivity index (χ2v) is 6.62. The van der Waals surface area contributed by atoms with E-state index in [4.69, 9.17) is 14.2 Å². The lowest BCUT2D eigenvalue weighted by Crippen LogP contribution is -2.24. The number of imidazole rings is 1. The molecule has 0 fully saturated rings. The quantitative estimate of drug-likeness (QED) is 0.601. The summed E-state index contributed by atoms with van der Waals surface area (Å²) in [4.78, 5) is 13.2. The molecule has 0 aliphatic carbocycles. The molecule has 3 heterocycles. The summed E-state index contributed by atoms with van der Waals surface area (Å²) < 4.78 is 18.3. The van der Waals surface area contributed by atoms with Gasteiger partial charge in [-0.15, -0.1) is 0 Å². The Labute approximate surface area is 163 Å². The lowest BCUT2D eigenvalue weighted by atomic mass is 10.2. The summed E-state index contributed by atoms with van der Waals surface area (Å²) >= 11 is 0. The Morgan fingerprint density at radius 1 is 1.21 bits per heavy atom. The maximum atomic E-state index is 5.77. The summed E-state index contributed by atoms with van der Waals surface area (Å²) in [6, 6.07) is 7.94. The van der Waals surface area contributed by atoms with Crippen LogP contribution in [0, 0.1) is 6.92 Å². The summed E-state index contributed by atoms with van der Waals surface area (Å²) in [5.74, 6) is 2.19. The zero-order valence-corrected chi connectivity index (χ0v) is 16.0. The number of aromatic nitrogens is 4. The number of hydrogen-bond acceptors (Lipinski definition) is 7. The number of benzene rings is 1. The van der Waals surface area contributed by atoms with Crippen LogP contribution >= 0.6 is 0 Å². The third-order valence-corrected chi connectivity index (χ3v) is 4.44. The van der Waals surface area contributed by atoms with Gasteiger partial charge >= 0.3 is 0 Å². The number of nitrogens with one attached hydrogen (secondary N) is 1. The first kappa shape index (κ1) is 18.4. The van der Waals surface area contributed by atoms with Gasteiger partial charge in [0.2, 0.25) is 12.7 Å². The minimum absolute atomic E-state index is 0.0816. The Bertz CT molecular complexity index is 930. The molecule has 2 aromatic heterocycles. The van der Waals surface area contributed by atoms with Gasteiger partial charge in [-0.3, -0.25) is 4.57 Å². The molecule has 0 saturated carbocycles. The molecular formula is C20H23N5O3. The highest BCUT2D eigenvalue weighted by Gasteiger charge is 2.13. The second kappa shape index (κ2) is 8.37. The maximum Gasteiger partial charge on any atom is 0.235 e. The number of rotatable bonds is 8. The van der Waals surface area contributed by atoms with Gasteiger partial charge in [0.25, 0.3) is 0 Å². The van der Waals surface area contributed by atoms with Gasteiger partial charge in [0, 0.05) is 30.7 Å². The Hall–Kier alpha value is -2.97. The number of ether oxygens (including phenoxy) is 3. The van der Waals surface area contributed by atoms with E-state index in [1.807, 2.05) is 37.4 Å². The predicted molar refractivity (Wildman–Crippen MR) is 103 cm³/mol. The highest BCUT2D eigenvalue weighted by molar-refractivity contribution is 5.44. The fourth-order valence-electron chi connectivity index (χ4n) is 2.96. The number of nitrogens with zero attached hydrogens (tertiary/aromatic N) is 4. The van der Waals surface area contributed by atoms with Crippen molar-refractivity contribution >= 4 is 0 Å². The molecule has 1 unspecified atom stereocenters. The van der Waals surface area contributed by atoms with Gasteiger partial charge < -0.3 is 19.5 Å². The highest BCUT2D eigenvalue weighted by atomic mass is 16.7. The molecule has 0 radical (unpaired) electrons. The van der Waals surface area contributed by atoms with Crippen molar-refractivity contribution in [3.8, 4) is 17.4 Å². The Morgan fingerprint density at radius 3 is 2.96 bits per heavy atom. The van der Waals surface area contributed by atoms with Gasteiger partial charge in [-0.25, -0.2) is 15.0 Å². The van der Waals surface area contributed by atoms with Gasteiger partial charge in [-0.05, 0) is 37.6 Å². The van der Waals surface area contributed by atoms with Crippen LogP contribution in [-0.2, 0) is 11.3 Å². The number of fused-ring (bicyclic) bond motifs is 1. The monoisotopic (exact) mass is 381 g/mol. The molecule has 8 nitrogen and oxygen atoms in total. The smallest absolute Gasteiger partial charge is 0.235 e. The van der Waals surface area contributed by atoms with E-state index in [2.05, 4.69) is 27.2 Å². The topological polar surface area (TPSA) is 83.3 Å². The molecule has 1 atom stereocenters. The highest BCUT2D eigenvalue weighted by Crippen LogP contribution is 2.32. The average molecular weight is 381 g/mol. The molecule has 8 heteroatoms. The van der Waals surface area contributed by atoms with E-state index in [1.165, 1.54) is 0 Å². The van der Waals surface area contributed by atoms with Gasteiger partial charge in [0.05, 0.1) is 18.9 Å². The Balaban J connectivity index is 1.26. The molecule has 0 saturated heterocycles. The summed E-state index contributed by atoms with van der Waals surface area (Å²) in [5, 5.41) is 3.44. The normalized spacial score (nSPS) is 13.6. The average Bonchev–Trinajstić information content (AvgIpc) is 3.38. The molecule has 28 heavy (non-hydrogen) atoms. The minimum Gasteiger partial charge on any atom is -0.454 e. The minimum atomic E-state index is 0.0816. The summed E-state index contributed by atoms with van der Waals surface area (Å²) in [6.07, 6.45) is 5.24. The lowest BCUT2D eigenvalue weighted by molar-refractivity contribution is 0.120. The maximum absolute atomic E-state index is 5.77. The zero-order valence-electron chi connectivity index (χ0n) is 16.0. The van der Waals surface area contributed by atoms with Crippen molar-refractivity contribution in [3.63, 3.8) is 0 Å². The molecule has 1 aliphatic heterocycles. The van der Waals surface area contributed by atoms with Crippen molar-refractivity contribution in [3.05, 3.63) is 59.9 Å². The van der Waals surface area contributed by atoms with Crippen LogP contribution in [0.3, 0.4) is 0 Å². The van der Waals surface area contributed by atoms with Crippen LogP contribution < -0.4 is 14.8 Å². The van der Waals surface area contributed by atoms with Crippen LogP contribution in [0.1, 0.15) is 29.9 Å². The van der Waals surface area contributed by atoms with Crippen molar-refractivity contribution in [2.45, 2.75) is 26.5 Å². The van der Waals surface area contributed by atoms with Gasteiger partial charge in [-0.2, -0.15) is 0 Å². The van der Waals surface area contributed by atoms with E-state index < -0.39 is 0 Å². The van der Waals surface area contributed by atoms with E-state index in [-0.39, 0.29) is 12.8 Å². The standard InChI is InChI=1S/C20H23N5O3/c1-14-9-17(24-20(23-14)25-7-5-21-12-25)15(2)22-6-8-26-11-16-3-4-18-19(10-16)28-13-27-18/h3-5,7,9-10,12,15,22H,6,8,11,13H2,1-2H3. The SMILES string of the molecule is Cc1cc(C(C)NCCOCc2ccc3c(c2)OCO3)nc(-n2ccnc2)n1. The Morgan fingerprint density at radius 2 is 2.11 bits per heavy atom. The molecule has 4 rings (SSSR count). The van der Waals surface area contributed by atoms with Crippen molar-refractivity contribution in [1.82, 2.24) is 24.8 Å². The third-order valence-electron chi connectivity index (χ3n) is 4.44. The Kier molecular flexibility index (Phi) is 5.50. The van der Waals surface area contributed by atoms with Crippen molar-refractivity contribution in [1.29, 1.82) is 0 Å². The first-order valence-electron chi connectivity index (χ1n) is 9.22. The molecule has 1 N–H and O–H groups in total. The first-order chi connectivity index (χ1) is 13.7. The van der Waals surface area contributed by atoms with Crippen molar-refractivity contribution in [2.75, 3.05) is 19.9 Å². The van der Waals surface area contributed by atoms with Crippen molar-refractivity contribution in [2.24, 2.45) is 0 Å². The van der Waals surface area contributed by atoms with Gasteiger partial charge in [-0.1, -0.05) is 6.07 Å². The van der Waals surface area contributed by atoms with Crippen molar-refractivity contribution < 1.29 is 14.2 Å². The van der Waals surface area contributed by atoms with Crippen LogP contribution in [0.25, 0.3) is 5.95 Å². The number of hydrogen-bond donors (Lipinski definition) is 1. The molecule has 0 spiro atoms. The molecule has 0 bridgehead atoms.